The van der Waals surface area contributed by atoms with Gasteiger partial charge in [-0.2, -0.15) is 0 Å². The Morgan fingerprint density at radius 3 is 2.65 bits per heavy atom. The van der Waals surface area contributed by atoms with E-state index < -0.39 is 5.54 Å². The van der Waals surface area contributed by atoms with Crippen LogP contribution in [0, 0.1) is 0 Å². The fraction of sp³-hybridized carbons (Fsp3) is 0.533. The fourth-order valence-corrected chi connectivity index (χ4v) is 1.41. The van der Waals surface area contributed by atoms with Crippen molar-refractivity contribution in [2.75, 3.05) is 39.6 Å². The van der Waals surface area contributed by atoms with Crippen LogP contribution in [0.25, 0.3) is 0 Å². The zero-order valence-corrected chi connectivity index (χ0v) is 13.0. The minimum atomic E-state index is -0.609. The molecule has 0 unspecified atom stereocenters. The lowest BCUT2D eigenvalue weighted by molar-refractivity contribution is -0.121. The average molecular weight is 279 g/mol. The molecule has 1 aromatic carbocycles. The van der Waals surface area contributed by atoms with E-state index in [1.807, 2.05) is 52.2 Å². The Morgan fingerprint density at radius 1 is 1.35 bits per heavy atom. The minimum Gasteiger partial charge on any atom is -0.492 e. The molecule has 1 rings (SSSR count). The van der Waals surface area contributed by atoms with Crippen molar-refractivity contribution < 1.29 is 9.53 Å². The highest BCUT2D eigenvalue weighted by molar-refractivity contribution is 5.97. The fourth-order valence-electron chi connectivity index (χ4n) is 1.41. The van der Waals surface area contributed by atoms with E-state index in [-0.39, 0.29) is 5.91 Å². The number of hydrogen-bond donors (Lipinski definition) is 2. The van der Waals surface area contributed by atoms with Crippen LogP contribution in [-0.4, -0.2) is 50.6 Å². The maximum absolute atomic E-state index is 12.1. The number of carbonyl (C=O) groups is 1. The predicted molar refractivity (Wildman–Crippen MR) is 82.3 cm³/mol. The van der Waals surface area contributed by atoms with Crippen LogP contribution in [0.4, 0.5) is 5.69 Å². The van der Waals surface area contributed by atoms with Gasteiger partial charge in [-0.1, -0.05) is 6.07 Å². The standard InChI is InChI=1S/C15H25N3O2/c1-15(2,16-3)14(19)17-12-7-6-8-13(11-12)20-10-9-18(4)5/h6-8,11,16H,9-10H2,1-5H3,(H,17,19). The maximum Gasteiger partial charge on any atom is 0.244 e. The highest BCUT2D eigenvalue weighted by Gasteiger charge is 2.25. The molecule has 5 nitrogen and oxygen atoms in total. The van der Waals surface area contributed by atoms with Gasteiger partial charge in [0.15, 0.2) is 0 Å². The van der Waals surface area contributed by atoms with Crippen molar-refractivity contribution in [1.82, 2.24) is 10.2 Å². The second kappa shape index (κ2) is 7.26. The van der Waals surface area contributed by atoms with E-state index in [1.54, 1.807) is 7.05 Å². The van der Waals surface area contributed by atoms with Crippen molar-refractivity contribution in [1.29, 1.82) is 0 Å². The number of hydrogen-bond acceptors (Lipinski definition) is 4. The number of anilines is 1. The Labute approximate surface area is 121 Å². The maximum atomic E-state index is 12.1. The van der Waals surface area contributed by atoms with Crippen molar-refractivity contribution >= 4 is 11.6 Å². The Kier molecular flexibility index (Phi) is 5.98. The van der Waals surface area contributed by atoms with Crippen LogP contribution in [0.2, 0.25) is 0 Å². The zero-order valence-electron chi connectivity index (χ0n) is 13.0. The molecule has 0 atom stereocenters. The molecular weight excluding hydrogens is 254 g/mol. The first-order valence-electron chi connectivity index (χ1n) is 6.73. The van der Waals surface area contributed by atoms with E-state index in [1.165, 1.54) is 0 Å². The first kappa shape index (κ1) is 16.5. The summed E-state index contributed by atoms with van der Waals surface area (Å²) in [5, 5.41) is 5.85. The van der Waals surface area contributed by atoms with Gasteiger partial charge in [0.1, 0.15) is 12.4 Å². The molecule has 0 aliphatic rings. The van der Waals surface area contributed by atoms with Crippen LogP contribution in [0.1, 0.15) is 13.8 Å². The van der Waals surface area contributed by atoms with E-state index in [9.17, 15) is 4.79 Å². The van der Waals surface area contributed by atoms with Gasteiger partial charge in [-0.25, -0.2) is 0 Å². The lowest BCUT2D eigenvalue weighted by Gasteiger charge is -2.22. The Morgan fingerprint density at radius 2 is 2.05 bits per heavy atom. The van der Waals surface area contributed by atoms with E-state index in [0.717, 1.165) is 18.0 Å². The van der Waals surface area contributed by atoms with Gasteiger partial charge in [0, 0.05) is 18.3 Å². The molecule has 1 amide bonds. The smallest absolute Gasteiger partial charge is 0.244 e. The summed E-state index contributed by atoms with van der Waals surface area (Å²) in [6, 6.07) is 7.43. The third-order valence-corrected chi connectivity index (χ3v) is 3.09. The molecule has 20 heavy (non-hydrogen) atoms. The predicted octanol–water partition coefficient (Wildman–Crippen LogP) is 1.56. The summed E-state index contributed by atoms with van der Waals surface area (Å²) in [5.41, 5.74) is 0.127. The largest absolute Gasteiger partial charge is 0.492 e. The van der Waals surface area contributed by atoms with Crippen molar-refractivity contribution in [3.8, 4) is 5.75 Å². The van der Waals surface area contributed by atoms with Gasteiger partial charge in [-0.3, -0.25) is 4.79 Å². The van der Waals surface area contributed by atoms with E-state index in [2.05, 4.69) is 15.5 Å². The second-order valence-electron chi connectivity index (χ2n) is 5.51. The van der Waals surface area contributed by atoms with E-state index in [0.29, 0.717) is 6.61 Å². The summed E-state index contributed by atoms with van der Waals surface area (Å²) < 4.78 is 5.64. The zero-order chi connectivity index (χ0) is 15.2. The second-order valence-corrected chi connectivity index (χ2v) is 5.51. The lowest BCUT2D eigenvalue weighted by Crippen LogP contribution is -2.47. The third kappa shape index (κ3) is 5.19. The average Bonchev–Trinajstić information content (AvgIpc) is 2.38. The molecule has 112 valence electrons. The number of nitrogens with zero attached hydrogens (tertiary/aromatic N) is 1. The Hall–Kier alpha value is -1.59. The molecule has 5 heteroatoms. The summed E-state index contributed by atoms with van der Waals surface area (Å²) in [7, 11) is 5.76. The monoisotopic (exact) mass is 279 g/mol. The number of benzene rings is 1. The molecule has 0 heterocycles. The van der Waals surface area contributed by atoms with Crippen molar-refractivity contribution in [3.63, 3.8) is 0 Å². The van der Waals surface area contributed by atoms with Gasteiger partial charge in [0.05, 0.1) is 5.54 Å². The summed E-state index contributed by atoms with van der Waals surface area (Å²) >= 11 is 0. The molecule has 0 saturated heterocycles. The van der Waals surface area contributed by atoms with Gasteiger partial charge < -0.3 is 20.3 Å². The van der Waals surface area contributed by atoms with Crippen LogP contribution in [0.15, 0.2) is 24.3 Å². The highest BCUT2D eigenvalue weighted by atomic mass is 16.5. The molecule has 0 saturated carbocycles. The van der Waals surface area contributed by atoms with Crippen molar-refractivity contribution in [2.24, 2.45) is 0 Å². The van der Waals surface area contributed by atoms with E-state index >= 15 is 0 Å². The number of carbonyl (C=O) groups excluding carboxylic acids is 1. The molecule has 0 spiro atoms. The SMILES string of the molecule is CNC(C)(C)C(=O)Nc1cccc(OCCN(C)C)c1. The summed E-state index contributed by atoms with van der Waals surface area (Å²) in [6.07, 6.45) is 0. The van der Waals surface area contributed by atoms with E-state index in [4.69, 9.17) is 4.74 Å². The van der Waals surface area contributed by atoms with Gasteiger partial charge in [0.2, 0.25) is 5.91 Å². The highest BCUT2D eigenvalue weighted by Crippen LogP contribution is 2.18. The van der Waals surface area contributed by atoms with Gasteiger partial charge >= 0.3 is 0 Å². The lowest BCUT2D eigenvalue weighted by atomic mass is 10.1. The van der Waals surface area contributed by atoms with Crippen LogP contribution in [-0.2, 0) is 4.79 Å². The number of ether oxygens (including phenoxy) is 1. The first-order chi connectivity index (χ1) is 9.35. The molecule has 0 aromatic heterocycles. The quantitative estimate of drug-likeness (QED) is 0.795. The number of nitrogens with one attached hydrogen (secondary N) is 2. The van der Waals surface area contributed by atoms with Crippen LogP contribution in [0.3, 0.4) is 0 Å². The normalized spacial score (nSPS) is 11.5. The molecule has 0 radical (unpaired) electrons. The first-order valence-corrected chi connectivity index (χ1v) is 6.73. The van der Waals surface area contributed by atoms with Gasteiger partial charge in [0.25, 0.3) is 0 Å². The van der Waals surface area contributed by atoms with Crippen LogP contribution in [0.5, 0.6) is 5.75 Å². The molecule has 0 aliphatic heterocycles. The Bertz CT molecular complexity index is 444. The van der Waals surface area contributed by atoms with Crippen LogP contribution >= 0.6 is 0 Å². The van der Waals surface area contributed by atoms with Crippen LogP contribution < -0.4 is 15.4 Å². The number of rotatable bonds is 7. The summed E-state index contributed by atoms with van der Waals surface area (Å²) in [5.74, 6) is 0.678. The van der Waals surface area contributed by atoms with Gasteiger partial charge in [-0.15, -0.1) is 0 Å². The van der Waals surface area contributed by atoms with Crippen molar-refractivity contribution in [2.45, 2.75) is 19.4 Å². The third-order valence-electron chi connectivity index (χ3n) is 3.09. The van der Waals surface area contributed by atoms with Crippen molar-refractivity contribution in [3.05, 3.63) is 24.3 Å². The minimum absolute atomic E-state index is 0.0783. The summed E-state index contributed by atoms with van der Waals surface area (Å²) in [6.45, 7) is 5.13. The number of amides is 1. The van der Waals surface area contributed by atoms with Gasteiger partial charge in [-0.05, 0) is 47.1 Å². The Balaban J connectivity index is 2.62. The molecule has 0 fully saturated rings. The molecular formula is C15H25N3O2. The summed E-state index contributed by atoms with van der Waals surface area (Å²) in [4.78, 5) is 14.1. The topological polar surface area (TPSA) is 53.6 Å². The molecule has 2 N–H and O–H groups in total. The molecule has 1 aromatic rings. The molecule has 0 aliphatic carbocycles. The molecule has 0 bridgehead atoms. The number of likely N-dealkylation sites (N-methyl/N-ethyl adjacent to an activating group) is 2.